The maximum atomic E-state index is 13.1. The lowest BCUT2D eigenvalue weighted by Crippen LogP contribution is -2.20. The summed E-state index contributed by atoms with van der Waals surface area (Å²) in [6, 6.07) is 12.1. The van der Waals surface area contributed by atoms with Crippen molar-refractivity contribution in [3.05, 3.63) is 65.2 Å². The van der Waals surface area contributed by atoms with E-state index in [9.17, 15) is 18.0 Å². The Hall–Kier alpha value is -1.95. The number of carbonyl (C=O) groups excluding carboxylic acids is 1. The number of anilines is 1. The van der Waals surface area contributed by atoms with E-state index in [0.29, 0.717) is 5.69 Å². The summed E-state index contributed by atoms with van der Waals surface area (Å²) in [5.74, 6) is 0.402. The number of benzene rings is 2. The van der Waals surface area contributed by atoms with E-state index in [-0.39, 0.29) is 22.4 Å². The fraction of sp³-hybridized carbons (Fsp3) is 0.316. The smallest absolute Gasteiger partial charge is 0.322 e. The van der Waals surface area contributed by atoms with Crippen molar-refractivity contribution in [2.24, 2.45) is 0 Å². The number of rotatable bonds is 5. The Morgan fingerprint density at radius 1 is 1.08 bits per heavy atom. The van der Waals surface area contributed by atoms with Gasteiger partial charge in [-0.2, -0.15) is 13.2 Å². The Morgan fingerprint density at radius 3 is 2.32 bits per heavy atom. The highest BCUT2D eigenvalue weighted by Crippen LogP contribution is 2.33. The van der Waals surface area contributed by atoms with Crippen LogP contribution in [0.3, 0.4) is 0 Å². The van der Waals surface area contributed by atoms with Gasteiger partial charge in [-0.1, -0.05) is 37.3 Å². The molecule has 1 unspecified atom stereocenters. The molecule has 0 aliphatic heterocycles. The van der Waals surface area contributed by atoms with Gasteiger partial charge in [0, 0.05) is 11.6 Å². The molecule has 0 saturated carbocycles. The molecule has 0 heterocycles. The van der Waals surface area contributed by atoms with E-state index in [1.54, 1.807) is 12.1 Å². The van der Waals surface area contributed by atoms with Gasteiger partial charge in [-0.05, 0) is 34.7 Å². The summed E-state index contributed by atoms with van der Waals surface area (Å²) in [6.45, 7) is 2.06. The average Bonchev–Trinajstić information content (AvgIpc) is 2.54. The maximum Gasteiger partial charge on any atom is 0.417 e. The van der Waals surface area contributed by atoms with Gasteiger partial charge < -0.3 is 5.32 Å². The second-order valence-corrected chi connectivity index (χ2v) is 8.44. The van der Waals surface area contributed by atoms with Crippen LogP contribution in [0.4, 0.5) is 18.9 Å². The van der Waals surface area contributed by atoms with Gasteiger partial charge in [0.2, 0.25) is 0 Å². The van der Waals surface area contributed by atoms with E-state index in [1.165, 1.54) is 18.2 Å². The Bertz CT molecular complexity index is 743. The average molecular weight is 368 g/mol. The highest BCUT2D eigenvalue weighted by atomic mass is 32.2. The lowest BCUT2D eigenvalue weighted by molar-refractivity contribution is -0.137. The summed E-state index contributed by atoms with van der Waals surface area (Å²) in [5, 5.41) is 2.66. The Kier molecular flexibility index (Phi) is 6.16. The van der Waals surface area contributed by atoms with Crippen molar-refractivity contribution in [3.8, 4) is 0 Å². The van der Waals surface area contributed by atoms with Crippen LogP contribution in [0.15, 0.2) is 48.5 Å². The van der Waals surface area contributed by atoms with Crippen LogP contribution in [0, 0.1) is 0 Å². The molecule has 134 valence electrons. The zero-order valence-electron chi connectivity index (χ0n) is 14.4. The summed E-state index contributed by atoms with van der Waals surface area (Å²) in [7, 11) is 0.220. The minimum Gasteiger partial charge on any atom is -0.322 e. The summed E-state index contributed by atoms with van der Waals surface area (Å²) in [6.07, 6.45) is -0.298. The van der Waals surface area contributed by atoms with Gasteiger partial charge >= 0.3 is 6.18 Å². The zero-order valence-corrected chi connectivity index (χ0v) is 15.2. The van der Waals surface area contributed by atoms with Crippen LogP contribution in [0.1, 0.15) is 34.3 Å². The van der Waals surface area contributed by atoms with Crippen LogP contribution in [0.25, 0.3) is 0 Å². The van der Waals surface area contributed by atoms with Crippen LogP contribution in [0.5, 0.6) is 0 Å². The molecule has 0 fully saturated rings. The highest BCUT2D eigenvalue weighted by Gasteiger charge is 2.35. The molecule has 2 aromatic rings. The first kappa shape index (κ1) is 19.4. The van der Waals surface area contributed by atoms with Crippen molar-refractivity contribution in [3.63, 3.8) is 0 Å². The number of hydrogen-bond donors (Lipinski definition) is 1. The number of alkyl halides is 3. The third-order valence-electron chi connectivity index (χ3n) is 3.80. The molecule has 0 radical (unpaired) electrons. The number of amides is 1. The van der Waals surface area contributed by atoms with Crippen molar-refractivity contribution in [1.29, 1.82) is 0 Å². The van der Waals surface area contributed by atoms with E-state index in [1.807, 2.05) is 12.1 Å². The van der Waals surface area contributed by atoms with Gasteiger partial charge in [-0.3, -0.25) is 4.79 Å². The molecule has 1 N–H and O–H groups in total. The summed E-state index contributed by atoms with van der Waals surface area (Å²) in [4.78, 5) is 12.5. The maximum absolute atomic E-state index is 13.1. The number of carbonyl (C=O) groups is 1. The van der Waals surface area contributed by atoms with Crippen LogP contribution < -0.4 is 5.32 Å². The zero-order chi connectivity index (χ0) is 18.6. The molecular weight excluding hydrogens is 347 g/mol. The number of halogens is 3. The van der Waals surface area contributed by atoms with Crippen LogP contribution in [0.2, 0.25) is 0 Å². The van der Waals surface area contributed by atoms with Crippen LogP contribution in [-0.4, -0.2) is 24.2 Å². The molecule has 6 heteroatoms. The highest BCUT2D eigenvalue weighted by molar-refractivity contribution is 7.95. The molecule has 0 spiro atoms. The third kappa shape index (κ3) is 5.01. The second-order valence-electron chi connectivity index (χ2n) is 6.14. The first-order valence-corrected chi connectivity index (χ1v) is 10.0. The van der Waals surface area contributed by atoms with Crippen molar-refractivity contribution >= 4 is 22.5 Å². The molecule has 0 aliphatic rings. The molecule has 0 aromatic heterocycles. The van der Waals surface area contributed by atoms with Crippen LogP contribution >= 0.6 is 0 Å². The predicted molar refractivity (Wildman–Crippen MR) is 98.3 cm³/mol. The molecular formula is C19H21F3NOS+. The summed E-state index contributed by atoms with van der Waals surface area (Å²) >= 11 is 0. The molecule has 2 rings (SSSR count). The standard InChI is InChI=1S/C19H20F3NOS/c1-13(12-25(2)3)14-8-5-7-11-17(14)23-18(24)15-9-4-6-10-16(15)19(20,21)22/h4-11,13H,12H2,1-3H3/p+1. The minimum absolute atomic E-state index is 0.202. The first-order valence-electron chi connectivity index (χ1n) is 7.81. The topological polar surface area (TPSA) is 29.1 Å². The molecule has 2 nitrogen and oxygen atoms in total. The second kappa shape index (κ2) is 7.95. The van der Waals surface area contributed by atoms with Gasteiger partial charge in [0.1, 0.15) is 5.75 Å². The first-order chi connectivity index (χ1) is 11.7. The molecule has 0 aliphatic carbocycles. The molecule has 2 aromatic carbocycles. The lowest BCUT2D eigenvalue weighted by Gasteiger charge is -2.17. The van der Waals surface area contributed by atoms with Gasteiger partial charge in [-0.15, -0.1) is 0 Å². The Morgan fingerprint density at radius 2 is 1.68 bits per heavy atom. The van der Waals surface area contributed by atoms with Gasteiger partial charge in [0.25, 0.3) is 5.91 Å². The summed E-state index contributed by atoms with van der Waals surface area (Å²) < 4.78 is 39.4. The molecule has 1 atom stereocenters. The Balaban J connectivity index is 2.31. The largest absolute Gasteiger partial charge is 0.417 e. The molecule has 1 amide bonds. The Labute approximate surface area is 148 Å². The van der Waals surface area contributed by atoms with Gasteiger partial charge in [0.15, 0.2) is 0 Å². The van der Waals surface area contributed by atoms with E-state index in [2.05, 4.69) is 24.8 Å². The van der Waals surface area contributed by atoms with Crippen molar-refractivity contribution in [2.75, 3.05) is 23.6 Å². The number of hydrogen-bond acceptors (Lipinski definition) is 1. The van der Waals surface area contributed by atoms with Crippen molar-refractivity contribution < 1.29 is 18.0 Å². The fourth-order valence-electron chi connectivity index (χ4n) is 2.75. The molecule has 0 bridgehead atoms. The predicted octanol–water partition coefficient (Wildman–Crippen LogP) is 4.94. The molecule has 0 saturated heterocycles. The van der Waals surface area contributed by atoms with Gasteiger partial charge in [-0.25, -0.2) is 0 Å². The van der Waals surface area contributed by atoms with Gasteiger partial charge in [0.05, 0.1) is 23.6 Å². The van der Waals surface area contributed by atoms with Crippen molar-refractivity contribution in [1.82, 2.24) is 0 Å². The van der Waals surface area contributed by atoms with E-state index >= 15 is 0 Å². The molecule has 25 heavy (non-hydrogen) atoms. The normalized spacial score (nSPS) is 12.9. The van der Waals surface area contributed by atoms with Crippen molar-refractivity contribution in [2.45, 2.75) is 19.0 Å². The SMILES string of the molecule is CC(C[S+](C)C)c1ccccc1NC(=O)c1ccccc1C(F)(F)F. The number of nitrogens with one attached hydrogen (secondary N) is 1. The van der Waals surface area contributed by atoms with E-state index < -0.39 is 17.6 Å². The third-order valence-corrected chi connectivity index (χ3v) is 4.97. The summed E-state index contributed by atoms with van der Waals surface area (Å²) in [5.41, 5.74) is 0.189. The monoisotopic (exact) mass is 368 g/mol. The van der Waals surface area contributed by atoms with Crippen LogP contribution in [-0.2, 0) is 17.1 Å². The van der Waals surface area contributed by atoms with E-state index in [4.69, 9.17) is 0 Å². The lowest BCUT2D eigenvalue weighted by atomic mass is 10.0. The fourth-order valence-corrected chi connectivity index (χ4v) is 3.93. The van der Waals surface area contributed by atoms with E-state index in [0.717, 1.165) is 17.4 Å². The minimum atomic E-state index is -4.57. The quantitative estimate of drug-likeness (QED) is 0.744. The number of para-hydroxylation sites is 1.